The van der Waals surface area contributed by atoms with Gasteiger partial charge in [0.1, 0.15) is 11.5 Å². The predicted molar refractivity (Wildman–Crippen MR) is 98.3 cm³/mol. The number of hydrogen-bond donors (Lipinski definition) is 1. The fraction of sp³-hybridized carbons (Fsp3) is 0.389. The number of carbonyl (C=O) groups excluding carboxylic acids is 1. The zero-order valence-electron chi connectivity index (χ0n) is 14.3. The third-order valence-electron chi connectivity index (χ3n) is 3.55. The molecule has 0 aliphatic rings. The molecule has 0 saturated heterocycles. The van der Waals surface area contributed by atoms with Crippen LogP contribution in [0, 0.1) is 5.92 Å². The summed E-state index contributed by atoms with van der Waals surface area (Å²) in [6.45, 7) is 4.70. The van der Waals surface area contributed by atoms with Gasteiger partial charge in [-0.2, -0.15) is 0 Å². The SMILES string of the molecule is CC(C)CCNC(=O)c1ccc(CS(=O)(=O)Cc2ccc(Cl)cc2)o1. The summed E-state index contributed by atoms with van der Waals surface area (Å²) >= 11 is 5.80. The first-order chi connectivity index (χ1) is 11.7. The number of hydrogen-bond acceptors (Lipinski definition) is 4. The number of nitrogens with one attached hydrogen (secondary N) is 1. The Morgan fingerprint density at radius 1 is 1.12 bits per heavy atom. The van der Waals surface area contributed by atoms with Crippen molar-refractivity contribution in [2.24, 2.45) is 5.92 Å². The fourth-order valence-electron chi connectivity index (χ4n) is 2.24. The minimum atomic E-state index is -3.41. The largest absolute Gasteiger partial charge is 0.455 e. The van der Waals surface area contributed by atoms with Gasteiger partial charge in [0.2, 0.25) is 0 Å². The molecule has 0 spiro atoms. The molecule has 0 atom stereocenters. The van der Waals surface area contributed by atoms with E-state index in [1.54, 1.807) is 24.3 Å². The monoisotopic (exact) mass is 383 g/mol. The lowest BCUT2D eigenvalue weighted by atomic mass is 10.1. The van der Waals surface area contributed by atoms with E-state index >= 15 is 0 Å². The van der Waals surface area contributed by atoms with Crippen LogP contribution in [0.2, 0.25) is 5.02 Å². The van der Waals surface area contributed by atoms with Gasteiger partial charge in [-0.25, -0.2) is 8.42 Å². The van der Waals surface area contributed by atoms with E-state index in [9.17, 15) is 13.2 Å². The van der Waals surface area contributed by atoms with Crippen LogP contribution in [0.25, 0.3) is 0 Å². The number of carbonyl (C=O) groups is 1. The van der Waals surface area contributed by atoms with Crippen LogP contribution in [-0.2, 0) is 21.3 Å². The maximum absolute atomic E-state index is 12.3. The van der Waals surface area contributed by atoms with E-state index in [2.05, 4.69) is 19.2 Å². The van der Waals surface area contributed by atoms with Crippen molar-refractivity contribution < 1.29 is 17.6 Å². The van der Waals surface area contributed by atoms with Gasteiger partial charge in [0.15, 0.2) is 15.6 Å². The van der Waals surface area contributed by atoms with Gasteiger partial charge < -0.3 is 9.73 Å². The minimum absolute atomic E-state index is 0.110. The van der Waals surface area contributed by atoms with Gasteiger partial charge in [-0.3, -0.25) is 4.79 Å². The lowest BCUT2D eigenvalue weighted by molar-refractivity contribution is 0.0923. The van der Waals surface area contributed by atoms with Crippen molar-refractivity contribution in [3.63, 3.8) is 0 Å². The van der Waals surface area contributed by atoms with Crippen LogP contribution in [0.1, 0.15) is 42.1 Å². The summed E-state index contributed by atoms with van der Waals surface area (Å²) in [4.78, 5) is 12.0. The molecule has 1 aromatic heterocycles. The molecule has 1 N–H and O–H groups in total. The van der Waals surface area contributed by atoms with Gasteiger partial charge in [-0.1, -0.05) is 37.6 Å². The number of furan rings is 1. The Labute approximate surface area is 153 Å². The highest BCUT2D eigenvalue weighted by molar-refractivity contribution is 7.89. The second kappa shape index (κ2) is 8.54. The quantitative estimate of drug-likeness (QED) is 0.751. The third kappa shape index (κ3) is 6.55. The van der Waals surface area contributed by atoms with Crippen LogP contribution >= 0.6 is 11.6 Å². The Balaban J connectivity index is 1.95. The molecule has 1 amide bonds. The van der Waals surface area contributed by atoms with Crippen LogP contribution in [-0.4, -0.2) is 20.9 Å². The van der Waals surface area contributed by atoms with Crippen molar-refractivity contribution in [2.45, 2.75) is 31.8 Å². The standard InChI is InChI=1S/C18H22ClNO4S/c1-13(2)9-10-20-18(21)17-8-7-16(24-17)12-25(22,23)11-14-3-5-15(19)6-4-14/h3-8,13H,9-12H2,1-2H3,(H,20,21). The molecule has 0 bridgehead atoms. The predicted octanol–water partition coefficient (Wildman–Crippen LogP) is 3.82. The van der Waals surface area contributed by atoms with Gasteiger partial charge in [0.05, 0.1) is 5.75 Å². The van der Waals surface area contributed by atoms with Crippen molar-refractivity contribution >= 4 is 27.3 Å². The van der Waals surface area contributed by atoms with Crippen molar-refractivity contribution in [3.8, 4) is 0 Å². The Bertz CT molecular complexity index is 810. The van der Waals surface area contributed by atoms with E-state index in [4.69, 9.17) is 16.0 Å². The highest BCUT2D eigenvalue weighted by Crippen LogP contribution is 2.17. The number of rotatable bonds is 8. The maximum Gasteiger partial charge on any atom is 0.286 e. The van der Waals surface area contributed by atoms with Crippen LogP contribution in [0.4, 0.5) is 0 Å². The molecule has 2 rings (SSSR count). The van der Waals surface area contributed by atoms with Gasteiger partial charge in [-0.05, 0) is 42.2 Å². The number of halogens is 1. The topological polar surface area (TPSA) is 76.4 Å². The minimum Gasteiger partial charge on any atom is -0.455 e. The zero-order chi connectivity index (χ0) is 18.4. The molecule has 5 nitrogen and oxygen atoms in total. The molecule has 0 fully saturated rings. The molecule has 0 aliphatic heterocycles. The Hall–Kier alpha value is -1.79. The summed E-state index contributed by atoms with van der Waals surface area (Å²) in [6, 6.07) is 9.68. The smallest absolute Gasteiger partial charge is 0.286 e. The number of benzene rings is 1. The Morgan fingerprint density at radius 2 is 1.80 bits per heavy atom. The molecule has 1 aromatic carbocycles. The molecule has 1 heterocycles. The van der Waals surface area contributed by atoms with Gasteiger partial charge in [0, 0.05) is 11.6 Å². The summed E-state index contributed by atoms with van der Waals surface area (Å²) < 4.78 is 30.0. The number of amides is 1. The molecule has 0 aliphatic carbocycles. The first-order valence-electron chi connectivity index (χ1n) is 8.07. The second-order valence-electron chi connectivity index (χ2n) is 6.36. The van der Waals surface area contributed by atoms with Crippen LogP contribution in [0.15, 0.2) is 40.8 Å². The van der Waals surface area contributed by atoms with Gasteiger partial charge >= 0.3 is 0 Å². The summed E-state index contributed by atoms with van der Waals surface area (Å²) in [5.41, 5.74) is 0.655. The lowest BCUT2D eigenvalue weighted by Gasteiger charge is -2.05. The molecular weight excluding hydrogens is 362 g/mol. The number of sulfone groups is 1. The Morgan fingerprint density at radius 3 is 2.44 bits per heavy atom. The van der Waals surface area contributed by atoms with Gasteiger partial charge in [0.25, 0.3) is 5.91 Å². The van der Waals surface area contributed by atoms with E-state index in [-0.39, 0.29) is 28.9 Å². The first-order valence-corrected chi connectivity index (χ1v) is 10.3. The molecule has 0 radical (unpaired) electrons. The lowest BCUT2D eigenvalue weighted by Crippen LogP contribution is -2.24. The highest BCUT2D eigenvalue weighted by Gasteiger charge is 2.18. The highest BCUT2D eigenvalue weighted by atomic mass is 35.5. The molecule has 0 saturated carbocycles. The summed E-state index contributed by atoms with van der Waals surface area (Å²) in [5.74, 6) is 0.172. The van der Waals surface area contributed by atoms with Crippen molar-refractivity contribution in [1.82, 2.24) is 5.32 Å². The van der Waals surface area contributed by atoms with E-state index in [0.717, 1.165) is 6.42 Å². The summed E-state index contributed by atoms with van der Waals surface area (Å²) in [7, 11) is -3.41. The first kappa shape index (κ1) is 19.5. The molecule has 2 aromatic rings. The van der Waals surface area contributed by atoms with E-state index in [0.29, 0.717) is 23.0 Å². The van der Waals surface area contributed by atoms with Crippen molar-refractivity contribution in [2.75, 3.05) is 6.54 Å². The normalized spacial score (nSPS) is 11.7. The third-order valence-corrected chi connectivity index (χ3v) is 5.30. The van der Waals surface area contributed by atoms with Crippen LogP contribution < -0.4 is 5.32 Å². The maximum atomic E-state index is 12.3. The summed E-state index contributed by atoms with van der Waals surface area (Å²) in [6.07, 6.45) is 0.870. The Kier molecular flexibility index (Phi) is 6.67. The molecule has 7 heteroatoms. The molecule has 0 unspecified atom stereocenters. The van der Waals surface area contributed by atoms with Crippen LogP contribution in [0.3, 0.4) is 0 Å². The van der Waals surface area contributed by atoms with Gasteiger partial charge in [-0.15, -0.1) is 0 Å². The van der Waals surface area contributed by atoms with Crippen LogP contribution in [0.5, 0.6) is 0 Å². The molecule has 25 heavy (non-hydrogen) atoms. The average Bonchev–Trinajstić information content (AvgIpc) is 2.96. The fourth-order valence-corrected chi connectivity index (χ4v) is 3.76. The second-order valence-corrected chi connectivity index (χ2v) is 8.86. The van der Waals surface area contributed by atoms with Crippen molar-refractivity contribution in [3.05, 3.63) is 58.5 Å². The van der Waals surface area contributed by atoms with Crippen molar-refractivity contribution in [1.29, 1.82) is 0 Å². The summed E-state index contributed by atoms with van der Waals surface area (Å²) in [5, 5.41) is 3.31. The zero-order valence-corrected chi connectivity index (χ0v) is 15.9. The van der Waals surface area contributed by atoms with E-state index in [1.165, 1.54) is 12.1 Å². The molecule has 136 valence electrons. The van der Waals surface area contributed by atoms with E-state index < -0.39 is 9.84 Å². The molecular formula is C18H22ClNO4S. The average molecular weight is 384 g/mol. The van der Waals surface area contributed by atoms with E-state index in [1.807, 2.05) is 0 Å².